The first-order chi connectivity index (χ1) is 7.59. The smallest absolute Gasteiger partial charge is 0.312 e. The summed E-state index contributed by atoms with van der Waals surface area (Å²) in [5.41, 5.74) is 1.80. The van der Waals surface area contributed by atoms with Crippen molar-refractivity contribution in [2.45, 2.75) is 5.92 Å². The maximum atomic E-state index is 11.1. The molecule has 1 heterocycles. The lowest BCUT2D eigenvalue weighted by atomic mass is 10.0. The topological polar surface area (TPSA) is 40.5 Å². The van der Waals surface area contributed by atoms with Crippen molar-refractivity contribution in [3.63, 3.8) is 0 Å². The lowest BCUT2D eigenvalue weighted by Crippen LogP contribution is -2.25. The summed E-state index contributed by atoms with van der Waals surface area (Å²) in [5.74, 6) is -1.26. The fourth-order valence-electron chi connectivity index (χ4n) is 2.06. The molecule has 84 valence electrons. The van der Waals surface area contributed by atoms with Gasteiger partial charge in [0.1, 0.15) is 5.92 Å². The summed E-state index contributed by atoms with van der Waals surface area (Å²) in [6.07, 6.45) is 0. The van der Waals surface area contributed by atoms with Gasteiger partial charge in [0.05, 0.1) is 6.54 Å². The van der Waals surface area contributed by atoms with E-state index in [4.69, 9.17) is 16.7 Å². The van der Waals surface area contributed by atoms with Crippen LogP contribution in [0.3, 0.4) is 0 Å². The molecule has 4 heteroatoms. The van der Waals surface area contributed by atoms with Crippen LogP contribution in [0.4, 0.5) is 5.69 Å². The van der Waals surface area contributed by atoms with Gasteiger partial charge >= 0.3 is 5.97 Å². The summed E-state index contributed by atoms with van der Waals surface area (Å²) >= 11 is 5.77. The number of carboxylic acid groups (broad SMARTS) is 1. The summed E-state index contributed by atoms with van der Waals surface area (Å²) in [7, 11) is 0. The molecule has 0 spiro atoms. The van der Waals surface area contributed by atoms with Gasteiger partial charge in [0, 0.05) is 17.3 Å². The summed E-state index contributed by atoms with van der Waals surface area (Å²) in [5, 5.41) is 9.64. The minimum Gasteiger partial charge on any atom is -0.481 e. The third-order valence-electron chi connectivity index (χ3n) is 2.72. The number of carboxylic acids is 1. The number of fused-ring (bicyclic) bond motifs is 1. The highest BCUT2D eigenvalue weighted by Gasteiger charge is 2.32. The summed E-state index contributed by atoms with van der Waals surface area (Å²) in [4.78, 5) is 13.1. The van der Waals surface area contributed by atoms with Gasteiger partial charge in [-0.05, 0) is 11.6 Å². The van der Waals surface area contributed by atoms with Crippen molar-refractivity contribution in [3.05, 3.63) is 41.4 Å². The molecule has 0 amide bonds. The second kappa shape index (κ2) is 4.18. The van der Waals surface area contributed by atoms with E-state index in [0.717, 1.165) is 11.3 Å². The zero-order valence-electron chi connectivity index (χ0n) is 8.69. The quantitative estimate of drug-likeness (QED) is 0.878. The van der Waals surface area contributed by atoms with E-state index in [1.807, 2.05) is 29.2 Å². The van der Waals surface area contributed by atoms with Crippen LogP contribution in [0.2, 0.25) is 0 Å². The summed E-state index contributed by atoms with van der Waals surface area (Å²) < 4.78 is 0. The van der Waals surface area contributed by atoms with Crippen molar-refractivity contribution in [2.75, 3.05) is 18.0 Å². The standard InChI is InChI=1S/C12H12ClNO2/c1-8(13)6-14-7-10(12(15)16)9-4-2-3-5-11(9)14/h2-5,10H,1,6-7H2,(H,15,16). The Bertz CT molecular complexity index is 444. The van der Waals surface area contributed by atoms with Crippen LogP contribution in [-0.2, 0) is 4.79 Å². The number of nitrogens with zero attached hydrogens (tertiary/aromatic N) is 1. The molecular formula is C12H12ClNO2. The van der Waals surface area contributed by atoms with Gasteiger partial charge in [-0.3, -0.25) is 4.79 Å². The molecule has 0 fully saturated rings. The number of anilines is 1. The first kappa shape index (κ1) is 11.0. The fourth-order valence-corrected chi connectivity index (χ4v) is 2.20. The molecular weight excluding hydrogens is 226 g/mol. The Morgan fingerprint density at radius 1 is 1.56 bits per heavy atom. The number of rotatable bonds is 3. The monoisotopic (exact) mass is 237 g/mol. The van der Waals surface area contributed by atoms with Crippen molar-refractivity contribution < 1.29 is 9.90 Å². The van der Waals surface area contributed by atoms with Crippen molar-refractivity contribution in [3.8, 4) is 0 Å². The number of hydrogen-bond acceptors (Lipinski definition) is 2. The van der Waals surface area contributed by atoms with Crippen molar-refractivity contribution in [1.29, 1.82) is 0 Å². The van der Waals surface area contributed by atoms with E-state index in [9.17, 15) is 4.79 Å². The molecule has 0 saturated heterocycles. The van der Waals surface area contributed by atoms with E-state index in [2.05, 4.69) is 6.58 Å². The highest BCUT2D eigenvalue weighted by molar-refractivity contribution is 6.29. The van der Waals surface area contributed by atoms with Crippen LogP contribution in [-0.4, -0.2) is 24.2 Å². The number of carbonyl (C=O) groups is 1. The average Bonchev–Trinajstić information content (AvgIpc) is 2.57. The predicted molar refractivity (Wildman–Crippen MR) is 64.0 cm³/mol. The minimum atomic E-state index is -0.796. The van der Waals surface area contributed by atoms with E-state index in [1.54, 1.807) is 0 Å². The van der Waals surface area contributed by atoms with Gasteiger partial charge in [0.25, 0.3) is 0 Å². The number of para-hydroxylation sites is 1. The van der Waals surface area contributed by atoms with Gasteiger partial charge < -0.3 is 10.0 Å². The van der Waals surface area contributed by atoms with Crippen LogP contribution in [0.25, 0.3) is 0 Å². The van der Waals surface area contributed by atoms with Crippen LogP contribution in [0, 0.1) is 0 Å². The minimum absolute atomic E-state index is 0.459. The van der Waals surface area contributed by atoms with E-state index in [1.165, 1.54) is 0 Å². The zero-order chi connectivity index (χ0) is 11.7. The molecule has 0 radical (unpaired) electrons. The number of halogens is 1. The van der Waals surface area contributed by atoms with Crippen LogP contribution in [0.5, 0.6) is 0 Å². The van der Waals surface area contributed by atoms with Gasteiger partial charge in [0.15, 0.2) is 0 Å². The number of hydrogen-bond donors (Lipinski definition) is 1. The maximum absolute atomic E-state index is 11.1. The van der Waals surface area contributed by atoms with E-state index >= 15 is 0 Å². The van der Waals surface area contributed by atoms with E-state index < -0.39 is 11.9 Å². The Morgan fingerprint density at radius 3 is 2.88 bits per heavy atom. The SMILES string of the molecule is C=C(Cl)CN1CC(C(=O)O)c2ccccc21. The molecule has 2 rings (SSSR count). The lowest BCUT2D eigenvalue weighted by molar-refractivity contribution is -0.138. The fraction of sp³-hybridized carbons (Fsp3) is 0.250. The molecule has 1 N–H and O–H groups in total. The first-order valence-corrected chi connectivity index (χ1v) is 5.37. The molecule has 1 aliphatic rings. The molecule has 1 aliphatic heterocycles. The Labute approximate surface area is 98.9 Å². The largest absolute Gasteiger partial charge is 0.481 e. The van der Waals surface area contributed by atoms with E-state index in [-0.39, 0.29) is 0 Å². The van der Waals surface area contributed by atoms with Gasteiger partial charge in [-0.1, -0.05) is 36.4 Å². The Balaban J connectivity index is 2.35. The molecule has 0 saturated carbocycles. The third-order valence-corrected chi connectivity index (χ3v) is 2.84. The number of aliphatic carboxylic acids is 1. The van der Waals surface area contributed by atoms with Gasteiger partial charge in [-0.25, -0.2) is 0 Å². The third kappa shape index (κ3) is 1.91. The maximum Gasteiger partial charge on any atom is 0.312 e. The second-order valence-electron chi connectivity index (χ2n) is 3.85. The van der Waals surface area contributed by atoms with Gasteiger partial charge in [-0.2, -0.15) is 0 Å². The molecule has 16 heavy (non-hydrogen) atoms. The Kier molecular flexibility index (Phi) is 2.88. The summed E-state index contributed by atoms with van der Waals surface area (Å²) in [6.45, 7) is 4.58. The zero-order valence-corrected chi connectivity index (χ0v) is 9.44. The molecule has 0 aliphatic carbocycles. The second-order valence-corrected chi connectivity index (χ2v) is 4.38. The van der Waals surface area contributed by atoms with Crippen molar-refractivity contribution in [1.82, 2.24) is 0 Å². The van der Waals surface area contributed by atoms with Crippen LogP contribution < -0.4 is 4.90 Å². The molecule has 1 atom stereocenters. The predicted octanol–water partition coefficient (Wildman–Crippen LogP) is 2.43. The molecule has 1 aromatic rings. The van der Waals surface area contributed by atoms with E-state index in [0.29, 0.717) is 18.1 Å². The van der Waals surface area contributed by atoms with Crippen molar-refractivity contribution >= 4 is 23.3 Å². The molecule has 3 nitrogen and oxygen atoms in total. The average molecular weight is 238 g/mol. The highest BCUT2D eigenvalue weighted by atomic mass is 35.5. The molecule has 1 unspecified atom stereocenters. The molecule has 0 aromatic heterocycles. The van der Waals surface area contributed by atoms with Crippen LogP contribution >= 0.6 is 11.6 Å². The number of benzene rings is 1. The van der Waals surface area contributed by atoms with Gasteiger partial charge in [-0.15, -0.1) is 0 Å². The first-order valence-electron chi connectivity index (χ1n) is 4.99. The lowest BCUT2D eigenvalue weighted by Gasteiger charge is -2.18. The van der Waals surface area contributed by atoms with Gasteiger partial charge in [0.2, 0.25) is 0 Å². The Morgan fingerprint density at radius 2 is 2.25 bits per heavy atom. The van der Waals surface area contributed by atoms with Crippen LogP contribution in [0.15, 0.2) is 35.9 Å². The van der Waals surface area contributed by atoms with Crippen molar-refractivity contribution in [2.24, 2.45) is 0 Å². The van der Waals surface area contributed by atoms with Crippen LogP contribution in [0.1, 0.15) is 11.5 Å². The molecule has 1 aromatic carbocycles. The summed E-state index contributed by atoms with van der Waals surface area (Å²) in [6, 6.07) is 7.52. The highest BCUT2D eigenvalue weighted by Crippen LogP contribution is 2.36. The Hall–Kier alpha value is -1.48. The normalized spacial score (nSPS) is 18.3. The molecule has 0 bridgehead atoms.